The van der Waals surface area contributed by atoms with Gasteiger partial charge in [0, 0.05) is 30.1 Å². The van der Waals surface area contributed by atoms with Gasteiger partial charge in [-0.3, -0.25) is 9.69 Å². The molecular formula is C36H43N9O. The Hall–Kier alpha value is -4.67. The van der Waals surface area contributed by atoms with Gasteiger partial charge in [0.2, 0.25) is 5.91 Å². The third-order valence-electron chi connectivity index (χ3n) is 8.74. The number of carbonyl (C=O) groups excluding carboxylic acids is 1. The zero-order chi connectivity index (χ0) is 31.9. The largest absolute Gasteiger partial charge is 0.341 e. The number of aromatic nitrogens is 6. The minimum atomic E-state index is -0.306. The number of amides is 1. The summed E-state index contributed by atoms with van der Waals surface area (Å²) in [6, 6.07) is 17.9. The molecule has 1 fully saturated rings. The summed E-state index contributed by atoms with van der Waals surface area (Å²) in [6.45, 7) is 10.4. The second-order valence-corrected chi connectivity index (χ2v) is 11.7. The van der Waals surface area contributed by atoms with E-state index in [1.54, 1.807) is 0 Å². The lowest BCUT2D eigenvalue weighted by Crippen LogP contribution is -2.43. The molecule has 5 aromatic rings. The molecule has 6 rings (SSSR count). The molecule has 0 saturated carbocycles. The first-order valence-corrected chi connectivity index (χ1v) is 16.4. The highest BCUT2D eigenvalue weighted by Gasteiger charge is 2.38. The molecule has 0 spiro atoms. The second-order valence-electron chi connectivity index (χ2n) is 11.7. The molecular weight excluding hydrogens is 574 g/mol. The van der Waals surface area contributed by atoms with Crippen molar-refractivity contribution in [2.75, 3.05) is 26.2 Å². The molecule has 1 aliphatic rings. The molecule has 10 nitrogen and oxygen atoms in total. The van der Waals surface area contributed by atoms with E-state index in [1.165, 1.54) is 0 Å². The van der Waals surface area contributed by atoms with Crippen LogP contribution >= 0.6 is 0 Å². The Balaban J connectivity index is 1.14. The van der Waals surface area contributed by atoms with Crippen LogP contribution in [0.4, 0.5) is 0 Å². The topological polar surface area (TPSA) is 119 Å². The predicted molar refractivity (Wildman–Crippen MR) is 180 cm³/mol. The number of nitrogens with one attached hydrogen (secondary N) is 3. The lowest BCUT2D eigenvalue weighted by Gasteiger charge is -2.34. The highest BCUT2D eigenvalue weighted by atomic mass is 16.2. The highest BCUT2D eigenvalue weighted by molar-refractivity contribution is 5.84. The molecule has 0 bridgehead atoms. The van der Waals surface area contributed by atoms with Crippen LogP contribution in [-0.2, 0) is 11.3 Å². The number of rotatable bonds is 13. The lowest BCUT2D eigenvalue weighted by molar-refractivity contribution is -0.138. The minimum Gasteiger partial charge on any atom is -0.341 e. The molecule has 2 aromatic carbocycles. The van der Waals surface area contributed by atoms with Crippen LogP contribution in [0, 0.1) is 0 Å². The van der Waals surface area contributed by atoms with Gasteiger partial charge in [-0.25, -0.2) is 19.9 Å². The quantitative estimate of drug-likeness (QED) is 0.135. The summed E-state index contributed by atoms with van der Waals surface area (Å²) in [6.07, 6.45) is 10.3. The van der Waals surface area contributed by atoms with Crippen LogP contribution in [0.2, 0.25) is 0 Å². The van der Waals surface area contributed by atoms with Crippen molar-refractivity contribution in [3.05, 3.63) is 96.6 Å². The maximum atomic E-state index is 14.1. The fraction of sp³-hybridized carbons (Fsp3) is 0.361. The zero-order valence-electron chi connectivity index (χ0n) is 26.9. The van der Waals surface area contributed by atoms with Gasteiger partial charge in [0.25, 0.3) is 0 Å². The van der Waals surface area contributed by atoms with Gasteiger partial charge in [-0.05, 0) is 50.0 Å². The molecule has 0 aliphatic carbocycles. The van der Waals surface area contributed by atoms with Crippen molar-refractivity contribution in [2.45, 2.75) is 58.7 Å². The molecule has 1 amide bonds. The maximum absolute atomic E-state index is 14.1. The first-order valence-electron chi connectivity index (χ1n) is 16.4. The summed E-state index contributed by atoms with van der Waals surface area (Å²) >= 11 is 0. The molecule has 2 atom stereocenters. The molecule has 0 unspecified atom stereocenters. The summed E-state index contributed by atoms with van der Waals surface area (Å²) in [4.78, 5) is 43.7. The molecule has 3 aromatic heterocycles. The average molecular weight is 618 g/mol. The molecule has 4 heterocycles. The van der Waals surface area contributed by atoms with Crippen molar-refractivity contribution in [1.82, 2.24) is 45.0 Å². The fourth-order valence-electron chi connectivity index (χ4n) is 6.26. The Labute approximate surface area is 270 Å². The van der Waals surface area contributed by atoms with E-state index in [9.17, 15) is 4.79 Å². The molecule has 0 radical (unpaired) electrons. The van der Waals surface area contributed by atoms with Crippen LogP contribution in [0.5, 0.6) is 0 Å². The Kier molecular flexibility index (Phi) is 9.95. The maximum Gasteiger partial charge on any atom is 0.245 e. The van der Waals surface area contributed by atoms with Gasteiger partial charge < -0.3 is 20.2 Å². The van der Waals surface area contributed by atoms with Gasteiger partial charge >= 0.3 is 0 Å². The zero-order valence-corrected chi connectivity index (χ0v) is 26.9. The molecule has 46 heavy (non-hydrogen) atoms. The van der Waals surface area contributed by atoms with E-state index in [-0.39, 0.29) is 18.0 Å². The smallest absolute Gasteiger partial charge is 0.245 e. The highest BCUT2D eigenvalue weighted by Crippen LogP contribution is 2.35. The number of nitrogens with zero attached hydrogens (tertiary/aromatic N) is 6. The van der Waals surface area contributed by atoms with Crippen molar-refractivity contribution < 1.29 is 4.79 Å². The van der Waals surface area contributed by atoms with Crippen LogP contribution in [0.3, 0.4) is 0 Å². The van der Waals surface area contributed by atoms with E-state index in [2.05, 4.69) is 80.2 Å². The number of H-pyrrole nitrogens is 2. The van der Waals surface area contributed by atoms with Crippen molar-refractivity contribution in [2.24, 2.45) is 0 Å². The van der Waals surface area contributed by atoms with Gasteiger partial charge in [0.15, 0.2) is 5.82 Å². The van der Waals surface area contributed by atoms with E-state index < -0.39 is 0 Å². The van der Waals surface area contributed by atoms with E-state index in [4.69, 9.17) is 4.98 Å². The normalized spacial score (nSPS) is 15.5. The summed E-state index contributed by atoms with van der Waals surface area (Å²) in [5, 5.41) is 3.35. The minimum absolute atomic E-state index is 0.0761. The van der Waals surface area contributed by atoms with Crippen molar-refractivity contribution >= 4 is 5.91 Å². The number of hydrogen-bond donors (Lipinski definition) is 3. The van der Waals surface area contributed by atoms with E-state index in [0.29, 0.717) is 12.4 Å². The average Bonchev–Trinajstić information content (AvgIpc) is 3.89. The third kappa shape index (κ3) is 6.78. The van der Waals surface area contributed by atoms with E-state index in [1.807, 2.05) is 60.0 Å². The molecule has 238 valence electrons. The monoisotopic (exact) mass is 617 g/mol. The molecule has 3 N–H and O–H groups in total. The van der Waals surface area contributed by atoms with Crippen molar-refractivity contribution in [3.8, 4) is 33.9 Å². The number of imidazole rings is 2. The molecule has 1 saturated heterocycles. The Morgan fingerprint density at radius 1 is 0.870 bits per heavy atom. The van der Waals surface area contributed by atoms with Gasteiger partial charge in [-0.15, -0.1) is 0 Å². The number of carbonyl (C=O) groups is 1. The van der Waals surface area contributed by atoms with Crippen molar-refractivity contribution in [1.29, 1.82) is 0 Å². The van der Waals surface area contributed by atoms with Gasteiger partial charge in [-0.2, -0.15) is 0 Å². The Morgan fingerprint density at radius 3 is 2.28 bits per heavy atom. The predicted octanol–water partition coefficient (Wildman–Crippen LogP) is 6.17. The number of benzene rings is 2. The van der Waals surface area contributed by atoms with Gasteiger partial charge in [-0.1, -0.05) is 75.4 Å². The number of likely N-dealkylation sites (tertiary alicyclic amines) is 1. The summed E-state index contributed by atoms with van der Waals surface area (Å²) in [5.74, 6) is 2.53. The summed E-state index contributed by atoms with van der Waals surface area (Å²) < 4.78 is 0. The first-order chi connectivity index (χ1) is 22.6. The first kappa shape index (κ1) is 31.3. The number of aromatic amines is 2. The van der Waals surface area contributed by atoms with Gasteiger partial charge in [0.1, 0.15) is 17.7 Å². The number of hydrogen-bond acceptors (Lipinski definition) is 7. The Morgan fingerprint density at radius 2 is 1.57 bits per heavy atom. The lowest BCUT2D eigenvalue weighted by atomic mass is 10.0. The van der Waals surface area contributed by atoms with Crippen molar-refractivity contribution in [3.63, 3.8) is 0 Å². The van der Waals surface area contributed by atoms with E-state index in [0.717, 1.165) is 90.7 Å². The SMILES string of the molecule is CCCNCc1ncc(-c2cnc(-c3ccc(-c4cnc([C@@H]5CCCN5C(=O)[C@@H](c5ccccc5)N(CC)CC)[nH]4)cc3)nc2)[nH]1. The standard InChI is InChI=1S/C36H43N9O/c1-4-18-37-24-32-38-22-30(42-32)28-20-39-34(40-21-28)27-16-14-25(15-17-27)29-23-41-35(43-29)31-13-10-19-45(31)36(46)33(44(5-2)6-3)26-11-8-7-9-12-26/h7-9,11-12,14-17,20-23,31,33,37H,4-6,10,13,18-19,24H2,1-3H3,(H,38,42)(H,41,43)/t31-,33+/m0/s1. The van der Waals surface area contributed by atoms with Crippen LogP contribution in [0.15, 0.2) is 79.4 Å². The van der Waals surface area contributed by atoms with Crippen LogP contribution < -0.4 is 5.32 Å². The second kappa shape index (κ2) is 14.6. The van der Waals surface area contributed by atoms with E-state index >= 15 is 0 Å². The molecule has 1 aliphatic heterocycles. The van der Waals surface area contributed by atoms with Crippen LogP contribution in [0.25, 0.3) is 33.9 Å². The number of likely N-dealkylation sites (N-methyl/N-ethyl adjacent to an activating group) is 1. The third-order valence-corrected chi connectivity index (χ3v) is 8.74. The van der Waals surface area contributed by atoms with Crippen LogP contribution in [-0.4, -0.2) is 71.8 Å². The summed E-state index contributed by atoms with van der Waals surface area (Å²) in [7, 11) is 0. The Bertz CT molecular complexity index is 1690. The van der Waals surface area contributed by atoms with Gasteiger partial charge in [0.05, 0.1) is 36.4 Å². The summed E-state index contributed by atoms with van der Waals surface area (Å²) in [5.41, 5.74) is 5.69. The fourth-order valence-corrected chi connectivity index (χ4v) is 6.26. The molecule has 10 heteroatoms. The van der Waals surface area contributed by atoms with Crippen LogP contribution in [0.1, 0.15) is 69.3 Å².